The van der Waals surface area contributed by atoms with Crippen molar-refractivity contribution in [2.45, 2.75) is 37.3 Å². The van der Waals surface area contributed by atoms with Crippen LogP contribution >= 0.6 is 7.14 Å². The Kier molecular flexibility index (Phi) is 5.21. The van der Waals surface area contributed by atoms with E-state index in [4.69, 9.17) is 4.74 Å². The van der Waals surface area contributed by atoms with Gasteiger partial charge in [-0.05, 0) is 6.42 Å². The molecular weight excluding hydrogens is 323 g/mol. The van der Waals surface area contributed by atoms with Gasteiger partial charge in [-0.25, -0.2) is 0 Å². The van der Waals surface area contributed by atoms with Gasteiger partial charge in [0.15, 0.2) is 7.14 Å². The molecule has 0 bridgehead atoms. The molecular formula is C19H23O4P. The summed E-state index contributed by atoms with van der Waals surface area (Å²) in [6.07, 6.45) is -1.03. The predicted molar refractivity (Wildman–Crippen MR) is 95.6 cm³/mol. The molecule has 0 saturated carbocycles. The number of hydrogen-bond donors (Lipinski definition) is 2. The van der Waals surface area contributed by atoms with Crippen LogP contribution in [0.2, 0.25) is 0 Å². The molecule has 3 rings (SSSR count). The molecule has 24 heavy (non-hydrogen) atoms. The Morgan fingerprint density at radius 1 is 1.04 bits per heavy atom. The molecule has 2 aromatic carbocycles. The monoisotopic (exact) mass is 346 g/mol. The maximum atomic E-state index is 14.3. The highest BCUT2D eigenvalue weighted by Crippen LogP contribution is 2.55. The van der Waals surface area contributed by atoms with Gasteiger partial charge in [-0.3, -0.25) is 0 Å². The number of aliphatic hydroxyl groups is 2. The fourth-order valence-electron chi connectivity index (χ4n) is 3.31. The fourth-order valence-corrected chi connectivity index (χ4v) is 6.89. The Morgan fingerprint density at radius 3 is 1.92 bits per heavy atom. The van der Waals surface area contributed by atoms with Gasteiger partial charge < -0.3 is 19.5 Å². The second kappa shape index (κ2) is 7.20. The van der Waals surface area contributed by atoms with Crippen LogP contribution < -0.4 is 10.6 Å². The van der Waals surface area contributed by atoms with Crippen molar-refractivity contribution in [2.24, 2.45) is 0 Å². The molecule has 0 amide bonds. The van der Waals surface area contributed by atoms with Crippen LogP contribution in [0, 0.1) is 0 Å². The lowest BCUT2D eigenvalue weighted by molar-refractivity contribution is 0.151. The number of hydrogen-bond acceptors (Lipinski definition) is 4. The minimum absolute atomic E-state index is 0.124. The first-order chi connectivity index (χ1) is 11.6. The molecule has 0 radical (unpaired) electrons. The molecule has 128 valence electrons. The molecule has 4 atom stereocenters. The van der Waals surface area contributed by atoms with Crippen molar-refractivity contribution in [3.8, 4) is 0 Å². The first-order valence-corrected chi connectivity index (χ1v) is 10.1. The second-order valence-electron chi connectivity index (χ2n) is 6.12. The molecule has 2 N–H and O–H groups in total. The summed E-state index contributed by atoms with van der Waals surface area (Å²) < 4.78 is 19.9. The van der Waals surface area contributed by atoms with E-state index < -0.39 is 25.0 Å². The molecule has 2 aromatic rings. The van der Waals surface area contributed by atoms with Crippen LogP contribution in [0.1, 0.15) is 13.3 Å². The third kappa shape index (κ3) is 3.07. The molecule has 0 spiro atoms. The fraction of sp³-hybridized carbons (Fsp3) is 0.368. The van der Waals surface area contributed by atoms with Crippen molar-refractivity contribution in [1.29, 1.82) is 0 Å². The summed E-state index contributed by atoms with van der Waals surface area (Å²) in [5, 5.41) is 21.5. The minimum atomic E-state index is -3.14. The van der Waals surface area contributed by atoms with E-state index in [2.05, 4.69) is 0 Å². The van der Waals surface area contributed by atoms with E-state index >= 15 is 0 Å². The van der Waals surface area contributed by atoms with E-state index in [1.54, 1.807) is 0 Å². The SMILES string of the molecule is CC[C@H](O)[C@@H]([C@H]1O[C@@H]1CO)P(=O)(c1ccccc1)c1ccccc1. The highest BCUT2D eigenvalue weighted by molar-refractivity contribution is 7.79. The van der Waals surface area contributed by atoms with Crippen molar-refractivity contribution in [2.75, 3.05) is 6.61 Å². The minimum Gasteiger partial charge on any atom is -0.394 e. The number of ether oxygens (including phenoxy) is 1. The Bertz CT molecular complexity index is 660. The van der Waals surface area contributed by atoms with E-state index in [0.717, 1.165) is 0 Å². The topological polar surface area (TPSA) is 70.1 Å². The van der Waals surface area contributed by atoms with Crippen LogP contribution in [0.5, 0.6) is 0 Å². The average molecular weight is 346 g/mol. The van der Waals surface area contributed by atoms with Crippen molar-refractivity contribution in [1.82, 2.24) is 0 Å². The van der Waals surface area contributed by atoms with Crippen molar-refractivity contribution >= 4 is 17.8 Å². The quantitative estimate of drug-likeness (QED) is 0.593. The standard InChI is InChI=1S/C19H23O4P/c1-2-16(21)19(18-17(13-20)23-18)24(22,14-9-5-3-6-10-14)15-11-7-4-8-12-15/h3-12,16-21H,2,13H2,1H3/t16-,17+,18-,19-/m0/s1. The number of epoxide rings is 1. The van der Waals surface area contributed by atoms with E-state index in [9.17, 15) is 14.8 Å². The average Bonchev–Trinajstić information content (AvgIpc) is 3.42. The van der Waals surface area contributed by atoms with Crippen LogP contribution in [0.4, 0.5) is 0 Å². The van der Waals surface area contributed by atoms with Crippen LogP contribution in [0.15, 0.2) is 60.7 Å². The van der Waals surface area contributed by atoms with Gasteiger partial charge in [0.05, 0.1) is 24.5 Å². The normalized spacial score (nSPS) is 22.8. The zero-order chi connectivity index (χ0) is 17.2. The molecule has 0 unspecified atom stereocenters. The lowest BCUT2D eigenvalue weighted by atomic mass is 10.1. The number of benzene rings is 2. The van der Waals surface area contributed by atoms with Crippen molar-refractivity contribution in [3.05, 3.63) is 60.7 Å². The summed E-state index contributed by atoms with van der Waals surface area (Å²) in [6.45, 7) is 1.75. The van der Waals surface area contributed by atoms with Gasteiger partial charge in [-0.2, -0.15) is 0 Å². The van der Waals surface area contributed by atoms with Gasteiger partial charge in [0.2, 0.25) is 0 Å². The lowest BCUT2D eigenvalue weighted by Crippen LogP contribution is -2.39. The summed E-state index contributed by atoms with van der Waals surface area (Å²) in [5.41, 5.74) is -0.565. The van der Waals surface area contributed by atoms with Crippen LogP contribution in [0.3, 0.4) is 0 Å². The summed E-state index contributed by atoms with van der Waals surface area (Å²) in [4.78, 5) is 0. The van der Waals surface area contributed by atoms with Gasteiger partial charge in [-0.15, -0.1) is 0 Å². The van der Waals surface area contributed by atoms with E-state index in [1.807, 2.05) is 67.6 Å². The summed E-state index contributed by atoms with van der Waals surface area (Å²) in [5.74, 6) is 0. The Balaban J connectivity index is 2.14. The van der Waals surface area contributed by atoms with Gasteiger partial charge in [0, 0.05) is 10.6 Å². The highest BCUT2D eigenvalue weighted by Gasteiger charge is 2.55. The van der Waals surface area contributed by atoms with E-state index in [0.29, 0.717) is 17.0 Å². The molecule has 5 heteroatoms. The first-order valence-electron chi connectivity index (χ1n) is 8.28. The summed E-state index contributed by atoms with van der Waals surface area (Å²) >= 11 is 0. The number of aliphatic hydroxyl groups excluding tert-OH is 2. The molecule has 1 heterocycles. The third-order valence-corrected chi connectivity index (χ3v) is 8.26. The summed E-state index contributed by atoms with van der Waals surface area (Å²) in [7, 11) is -3.14. The zero-order valence-electron chi connectivity index (χ0n) is 13.7. The summed E-state index contributed by atoms with van der Waals surface area (Å²) in [6, 6.07) is 18.6. The molecule has 0 aromatic heterocycles. The first kappa shape index (κ1) is 17.4. The molecule has 4 nitrogen and oxygen atoms in total. The lowest BCUT2D eigenvalue weighted by Gasteiger charge is -2.31. The molecule has 0 aliphatic carbocycles. The molecule has 1 fully saturated rings. The van der Waals surface area contributed by atoms with Crippen molar-refractivity contribution < 1.29 is 19.5 Å². The van der Waals surface area contributed by atoms with Crippen LogP contribution in [-0.4, -0.2) is 40.8 Å². The molecule has 1 saturated heterocycles. The van der Waals surface area contributed by atoms with Gasteiger partial charge >= 0.3 is 0 Å². The Morgan fingerprint density at radius 2 is 1.54 bits per heavy atom. The second-order valence-corrected chi connectivity index (χ2v) is 9.06. The molecule has 1 aliphatic heterocycles. The smallest absolute Gasteiger partial charge is 0.151 e. The van der Waals surface area contributed by atoms with Gasteiger partial charge in [-0.1, -0.05) is 67.6 Å². The van der Waals surface area contributed by atoms with Gasteiger partial charge in [0.1, 0.15) is 6.10 Å². The van der Waals surface area contributed by atoms with E-state index in [-0.39, 0.29) is 12.7 Å². The van der Waals surface area contributed by atoms with Gasteiger partial charge in [0.25, 0.3) is 0 Å². The molecule has 1 aliphatic rings. The Hall–Kier alpha value is -1.45. The third-order valence-electron chi connectivity index (χ3n) is 4.65. The maximum Gasteiger partial charge on any atom is 0.151 e. The van der Waals surface area contributed by atoms with E-state index in [1.165, 1.54) is 0 Å². The predicted octanol–water partition coefficient (Wildman–Crippen LogP) is 1.90. The zero-order valence-corrected chi connectivity index (χ0v) is 14.5. The van der Waals surface area contributed by atoms with Crippen LogP contribution in [-0.2, 0) is 9.30 Å². The van der Waals surface area contributed by atoms with Crippen molar-refractivity contribution in [3.63, 3.8) is 0 Å². The maximum absolute atomic E-state index is 14.3. The Labute approximate surface area is 142 Å². The number of rotatable bonds is 7. The largest absolute Gasteiger partial charge is 0.394 e. The van der Waals surface area contributed by atoms with Crippen LogP contribution in [0.25, 0.3) is 0 Å². The highest BCUT2D eigenvalue weighted by atomic mass is 31.2.